The zero-order valence-corrected chi connectivity index (χ0v) is 10.2. The van der Waals surface area contributed by atoms with Crippen LogP contribution in [-0.4, -0.2) is 25.0 Å². The van der Waals surface area contributed by atoms with Crippen LogP contribution >= 0.6 is 11.3 Å². The summed E-state index contributed by atoms with van der Waals surface area (Å²) in [6, 6.07) is 0. The number of hydrogen-bond donors (Lipinski definition) is 2. The molecule has 1 rings (SSSR count). The van der Waals surface area contributed by atoms with E-state index in [1.54, 1.807) is 0 Å². The third-order valence-electron chi connectivity index (χ3n) is 1.91. The smallest absolute Gasteiger partial charge is 0.277 e. The number of hydrazine groups is 1. The van der Waals surface area contributed by atoms with E-state index in [0.29, 0.717) is 4.88 Å². The van der Waals surface area contributed by atoms with Crippen molar-refractivity contribution in [2.45, 2.75) is 19.8 Å². The van der Waals surface area contributed by atoms with E-state index in [9.17, 15) is 4.79 Å². The molecule has 0 atom stereocenters. The van der Waals surface area contributed by atoms with Gasteiger partial charge in [0.25, 0.3) is 5.91 Å². The van der Waals surface area contributed by atoms with Crippen LogP contribution in [0.15, 0.2) is 0 Å². The van der Waals surface area contributed by atoms with E-state index in [1.165, 1.54) is 11.3 Å². The van der Waals surface area contributed by atoms with E-state index < -0.39 is 0 Å². The van der Waals surface area contributed by atoms with E-state index in [1.807, 2.05) is 32.8 Å². The zero-order chi connectivity index (χ0) is 11.6. The summed E-state index contributed by atoms with van der Waals surface area (Å²) in [4.78, 5) is 18.4. The molecular formula is C9H16N4OS. The fourth-order valence-corrected chi connectivity index (χ4v) is 2.18. The van der Waals surface area contributed by atoms with Crippen LogP contribution in [0.2, 0.25) is 0 Å². The molecular weight excluding hydrogens is 212 g/mol. The molecule has 6 heteroatoms. The number of thiazole rings is 1. The molecule has 15 heavy (non-hydrogen) atoms. The standard InChI is InChI=1S/C9H16N4OS/c1-5(2)6-7(8(14)12-10)15-9(11-6)13(3)4/h5H,10H2,1-4H3,(H,12,14). The van der Waals surface area contributed by atoms with Crippen LogP contribution in [0.5, 0.6) is 0 Å². The van der Waals surface area contributed by atoms with Gasteiger partial charge in [-0.15, -0.1) is 0 Å². The van der Waals surface area contributed by atoms with Gasteiger partial charge in [-0.25, -0.2) is 10.8 Å². The lowest BCUT2D eigenvalue weighted by Gasteiger charge is -2.05. The van der Waals surface area contributed by atoms with Crippen LogP contribution in [0, 0.1) is 0 Å². The lowest BCUT2D eigenvalue weighted by atomic mass is 10.1. The predicted molar refractivity (Wildman–Crippen MR) is 62.2 cm³/mol. The Morgan fingerprint density at radius 3 is 2.53 bits per heavy atom. The minimum Gasteiger partial charge on any atom is -0.354 e. The predicted octanol–water partition coefficient (Wildman–Crippen LogP) is 0.936. The number of hydrogen-bond acceptors (Lipinski definition) is 5. The summed E-state index contributed by atoms with van der Waals surface area (Å²) in [6.07, 6.45) is 0. The van der Waals surface area contributed by atoms with Gasteiger partial charge >= 0.3 is 0 Å². The molecule has 0 aliphatic heterocycles. The van der Waals surface area contributed by atoms with Crippen molar-refractivity contribution in [3.05, 3.63) is 10.6 Å². The maximum Gasteiger partial charge on any atom is 0.277 e. The Balaban J connectivity index is 3.17. The summed E-state index contributed by atoms with van der Waals surface area (Å²) in [5.74, 6) is 5.06. The van der Waals surface area contributed by atoms with E-state index in [2.05, 4.69) is 10.4 Å². The molecule has 0 fully saturated rings. The van der Waals surface area contributed by atoms with Gasteiger partial charge in [-0.2, -0.15) is 0 Å². The fraction of sp³-hybridized carbons (Fsp3) is 0.556. The van der Waals surface area contributed by atoms with E-state index >= 15 is 0 Å². The number of carbonyl (C=O) groups excluding carboxylic acids is 1. The van der Waals surface area contributed by atoms with Crippen molar-refractivity contribution in [3.63, 3.8) is 0 Å². The minimum absolute atomic E-state index is 0.210. The van der Waals surface area contributed by atoms with Crippen molar-refractivity contribution in [2.24, 2.45) is 5.84 Å². The van der Waals surface area contributed by atoms with Crippen molar-refractivity contribution in [3.8, 4) is 0 Å². The van der Waals surface area contributed by atoms with Crippen LogP contribution in [-0.2, 0) is 0 Å². The van der Waals surface area contributed by atoms with Crippen molar-refractivity contribution >= 4 is 22.4 Å². The number of amides is 1. The average Bonchev–Trinajstić information content (AvgIpc) is 2.61. The Labute approximate surface area is 93.3 Å². The van der Waals surface area contributed by atoms with Gasteiger partial charge in [-0.05, 0) is 5.92 Å². The third-order valence-corrected chi connectivity index (χ3v) is 3.15. The minimum atomic E-state index is -0.274. The fourth-order valence-electron chi connectivity index (χ4n) is 1.13. The third kappa shape index (κ3) is 2.45. The molecule has 0 spiro atoms. The summed E-state index contributed by atoms with van der Waals surface area (Å²) < 4.78 is 0. The number of nitrogens with two attached hydrogens (primary N) is 1. The number of aromatic nitrogens is 1. The Morgan fingerprint density at radius 1 is 1.53 bits per heavy atom. The molecule has 0 aromatic carbocycles. The largest absolute Gasteiger partial charge is 0.354 e. The Kier molecular flexibility index (Phi) is 3.65. The highest BCUT2D eigenvalue weighted by atomic mass is 32.1. The van der Waals surface area contributed by atoms with Gasteiger partial charge in [-0.1, -0.05) is 25.2 Å². The van der Waals surface area contributed by atoms with Gasteiger partial charge in [0.2, 0.25) is 0 Å². The first-order valence-electron chi connectivity index (χ1n) is 4.66. The molecule has 5 nitrogen and oxygen atoms in total. The van der Waals surface area contributed by atoms with Crippen LogP contribution in [0.3, 0.4) is 0 Å². The average molecular weight is 228 g/mol. The van der Waals surface area contributed by atoms with Crippen LogP contribution < -0.4 is 16.2 Å². The first-order valence-corrected chi connectivity index (χ1v) is 5.48. The van der Waals surface area contributed by atoms with Gasteiger partial charge in [0.1, 0.15) is 4.88 Å². The van der Waals surface area contributed by atoms with Crippen LogP contribution in [0.4, 0.5) is 5.13 Å². The second kappa shape index (κ2) is 4.59. The van der Waals surface area contributed by atoms with Gasteiger partial charge in [0.15, 0.2) is 5.13 Å². The molecule has 1 aromatic rings. The molecule has 0 saturated heterocycles. The molecule has 1 heterocycles. The molecule has 1 amide bonds. The number of anilines is 1. The molecule has 0 aliphatic rings. The Morgan fingerprint density at radius 2 is 2.13 bits per heavy atom. The van der Waals surface area contributed by atoms with E-state index in [4.69, 9.17) is 5.84 Å². The topological polar surface area (TPSA) is 71.2 Å². The molecule has 0 aliphatic carbocycles. The van der Waals surface area contributed by atoms with Gasteiger partial charge in [-0.3, -0.25) is 10.2 Å². The molecule has 3 N–H and O–H groups in total. The quantitative estimate of drug-likeness (QED) is 0.459. The van der Waals surface area contributed by atoms with Crippen LogP contribution in [0.1, 0.15) is 35.1 Å². The summed E-state index contributed by atoms with van der Waals surface area (Å²) in [7, 11) is 3.79. The van der Waals surface area contributed by atoms with Crippen molar-refractivity contribution < 1.29 is 4.79 Å². The number of rotatable bonds is 3. The second-order valence-corrected chi connectivity index (χ2v) is 4.71. The normalized spacial score (nSPS) is 10.5. The summed E-state index contributed by atoms with van der Waals surface area (Å²) >= 11 is 1.35. The number of nitrogen functional groups attached to an aromatic ring is 1. The summed E-state index contributed by atoms with van der Waals surface area (Å²) in [6.45, 7) is 4.00. The molecule has 0 radical (unpaired) electrons. The summed E-state index contributed by atoms with van der Waals surface area (Å²) in [5, 5.41) is 0.817. The monoisotopic (exact) mass is 228 g/mol. The van der Waals surface area contributed by atoms with Crippen molar-refractivity contribution in [1.82, 2.24) is 10.4 Å². The number of carbonyl (C=O) groups is 1. The molecule has 1 aromatic heterocycles. The first-order chi connectivity index (χ1) is 6.97. The van der Waals surface area contributed by atoms with Gasteiger partial charge < -0.3 is 4.90 Å². The van der Waals surface area contributed by atoms with E-state index in [0.717, 1.165) is 10.8 Å². The number of nitrogens with zero attached hydrogens (tertiary/aromatic N) is 2. The van der Waals surface area contributed by atoms with Crippen molar-refractivity contribution in [1.29, 1.82) is 0 Å². The zero-order valence-electron chi connectivity index (χ0n) is 9.37. The van der Waals surface area contributed by atoms with Gasteiger partial charge in [0.05, 0.1) is 5.69 Å². The highest BCUT2D eigenvalue weighted by Crippen LogP contribution is 2.29. The highest BCUT2D eigenvalue weighted by molar-refractivity contribution is 7.17. The maximum absolute atomic E-state index is 11.5. The molecule has 84 valence electrons. The van der Waals surface area contributed by atoms with Crippen LogP contribution in [0.25, 0.3) is 0 Å². The summed E-state index contributed by atoms with van der Waals surface area (Å²) in [5.41, 5.74) is 2.94. The molecule has 0 saturated carbocycles. The number of nitrogens with one attached hydrogen (secondary N) is 1. The second-order valence-electron chi connectivity index (χ2n) is 3.73. The highest BCUT2D eigenvalue weighted by Gasteiger charge is 2.20. The van der Waals surface area contributed by atoms with Crippen molar-refractivity contribution in [2.75, 3.05) is 19.0 Å². The van der Waals surface area contributed by atoms with E-state index in [-0.39, 0.29) is 11.8 Å². The lowest BCUT2D eigenvalue weighted by molar-refractivity contribution is 0.0956. The molecule has 0 bridgehead atoms. The SMILES string of the molecule is CC(C)c1nc(N(C)C)sc1C(=O)NN. The molecule has 0 unspecified atom stereocenters. The maximum atomic E-state index is 11.5. The Hall–Kier alpha value is -1.14. The first kappa shape index (κ1) is 11.9. The lowest BCUT2D eigenvalue weighted by Crippen LogP contribution is -2.30. The van der Waals surface area contributed by atoms with Gasteiger partial charge in [0, 0.05) is 14.1 Å². The Bertz CT molecular complexity index is 359.